The summed E-state index contributed by atoms with van der Waals surface area (Å²) in [5.74, 6) is -0.820. The molecule has 0 radical (unpaired) electrons. The highest BCUT2D eigenvalue weighted by Crippen LogP contribution is 2.29. The van der Waals surface area contributed by atoms with Crippen molar-refractivity contribution in [1.29, 1.82) is 0 Å². The molecule has 3 rings (SSSR count). The Balaban J connectivity index is 1.98. The molecular weight excluding hydrogens is 246 g/mol. The van der Waals surface area contributed by atoms with Gasteiger partial charge in [-0.2, -0.15) is 0 Å². The van der Waals surface area contributed by atoms with Gasteiger partial charge in [-0.3, -0.25) is 14.5 Å². The first-order chi connectivity index (χ1) is 9.09. The fourth-order valence-corrected chi connectivity index (χ4v) is 2.60. The molecule has 2 amide bonds. The molecule has 98 valence electrons. The highest BCUT2D eigenvalue weighted by atomic mass is 16.3. The molecule has 1 aromatic carbocycles. The molecule has 1 aliphatic carbocycles. The average Bonchev–Trinajstić information content (AvgIpc) is 2.66. The fourth-order valence-electron chi connectivity index (χ4n) is 2.60. The molecule has 0 unspecified atom stereocenters. The van der Waals surface area contributed by atoms with Crippen molar-refractivity contribution < 1.29 is 19.8 Å². The summed E-state index contributed by atoms with van der Waals surface area (Å²) < 4.78 is 0. The number of nitrogens with zero attached hydrogens (tertiary/aromatic N) is 1. The number of hydrogen-bond donors (Lipinski definition) is 2. The second-order valence-electron chi connectivity index (χ2n) is 4.77. The third kappa shape index (κ3) is 1.78. The maximum Gasteiger partial charge on any atom is 0.261 e. The first-order valence-electron chi connectivity index (χ1n) is 6.11. The lowest BCUT2D eigenvalue weighted by atomic mass is 9.95. The van der Waals surface area contributed by atoms with Crippen LogP contribution in [0.5, 0.6) is 0 Å². The monoisotopic (exact) mass is 259 g/mol. The Labute approximate surface area is 109 Å². The lowest BCUT2D eigenvalue weighted by molar-refractivity contribution is 0.0299. The number of aliphatic hydroxyl groups is 2. The van der Waals surface area contributed by atoms with Crippen molar-refractivity contribution in [3.8, 4) is 0 Å². The van der Waals surface area contributed by atoms with Gasteiger partial charge >= 0.3 is 0 Å². The van der Waals surface area contributed by atoms with Crippen molar-refractivity contribution in [1.82, 2.24) is 4.90 Å². The van der Waals surface area contributed by atoms with Gasteiger partial charge in [-0.15, -0.1) is 0 Å². The Morgan fingerprint density at radius 2 is 1.58 bits per heavy atom. The summed E-state index contributed by atoms with van der Waals surface area (Å²) in [7, 11) is 0. The molecule has 0 fully saturated rings. The summed E-state index contributed by atoms with van der Waals surface area (Å²) in [5, 5.41) is 19.5. The number of fused-ring (bicyclic) bond motifs is 1. The zero-order valence-corrected chi connectivity index (χ0v) is 10.1. The molecule has 1 heterocycles. The Morgan fingerprint density at radius 3 is 2.16 bits per heavy atom. The molecule has 0 bridgehead atoms. The number of aliphatic hydroxyl groups excluding tert-OH is 2. The molecule has 3 atom stereocenters. The number of benzene rings is 1. The Morgan fingerprint density at radius 1 is 1.00 bits per heavy atom. The predicted octanol–water partition coefficient (Wildman–Crippen LogP) is 0.333. The molecule has 5 heteroatoms. The van der Waals surface area contributed by atoms with Crippen molar-refractivity contribution >= 4 is 11.8 Å². The smallest absolute Gasteiger partial charge is 0.261 e. The summed E-state index contributed by atoms with van der Waals surface area (Å²) in [4.78, 5) is 25.6. The van der Waals surface area contributed by atoms with Crippen molar-refractivity contribution in [3.05, 3.63) is 47.5 Å². The second kappa shape index (κ2) is 4.29. The standard InChI is InChI=1S/C14H13NO4/c16-8-5-6-12(17)11(7-8)15-13(18)9-3-1-2-4-10(9)14(15)19/h1-6,8,11-12,16-17H,7H2/t8-,11+,12-/m0/s1. The summed E-state index contributed by atoms with van der Waals surface area (Å²) in [6.45, 7) is 0. The van der Waals surface area contributed by atoms with Gasteiger partial charge in [0.15, 0.2) is 0 Å². The first kappa shape index (κ1) is 12.1. The zero-order chi connectivity index (χ0) is 13.6. The van der Waals surface area contributed by atoms with Crippen LogP contribution >= 0.6 is 0 Å². The van der Waals surface area contributed by atoms with Crippen LogP contribution in [0.25, 0.3) is 0 Å². The number of imide groups is 1. The number of carbonyl (C=O) groups excluding carboxylic acids is 2. The van der Waals surface area contributed by atoms with Crippen LogP contribution in [0.1, 0.15) is 27.1 Å². The summed E-state index contributed by atoms with van der Waals surface area (Å²) in [5.41, 5.74) is 0.701. The molecular formula is C14H13NO4. The Kier molecular flexibility index (Phi) is 2.73. The van der Waals surface area contributed by atoms with Crippen LogP contribution in [-0.4, -0.2) is 45.2 Å². The van der Waals surface area contributed by atoms with Gasteiger partial charge in [-0.05, 0) is 12.1 Å². The summed E-state index contributed by atoms with van der Waals surface area (Å²) in [6, 6.07) is 5.86. The number of rotatable bonds is 1. The van der Waals surface area contributed by atoms with Gasteiger partial charge in [-0.25, -0.2) is 0 Å². The predicted molar refractivity (Wildman–Crippen MR) is 66.5 cm³/mol. The van der Waals surface area contributed by atoms with E-state index in [-0.39, 0.29) is 6.42 Å². The van der Waals surface area contributed by atoms with Crippen LogP contribution < -0.4 is 0 Å². The molecule has 1 aliphatic heterocycles. The van der Waals surface area contributed by atoms with E-state index in [0.29, 0.717) is 11.1 Å². The molecule has 0 saturated heterocycles. The second-order valence-corrected chi connectivity index (χ2v) is 4.77. The third-order valence-electron chi connectivity index (χ3n) is 3.56. The highest BCUT2D eigenvalue weighted by molar-refractivity contribution is 6.21. The van der Waals surface area contributed by atoms with E-state index >= 15 is 0 Å². The maximum atomic E-state index is 12.2. The van der Waals surface area contributed by atoms with Crippen molar-refractivity contribution in [2.75, 3.05) is 0 Å². The average molecular weight is 259 g/mol. The van der Waals surface area contributed by atoms with Gasteiger partial charge in [0.25, 0.3) is 11.8 Å². The van der Waals surface area contributed by atoms with E-state index in [1.165, 1.54) is 12.2 Å². The molecule has 5 nitrogen and oxygen atoms in total. The van der Waals surface area contributed by atoms with E-state index in [1.54, 1.807) is 24.3 Å². The Bertz CT molecular complexity index is 546. The third-order valence-corrected chi connectivity index (χ3v) is 3.56. The van der Waals surface area contributed by atoms with Crippen LogP contribution in [0.3, 0.4) is 0 Å². The largest absolute Gasteiger partial charge is 0.389 e. The van der Waals surface area contributed by atoms with E-state index in [2.05, 4.69) is 0 Å². The van der Waals surface area contributed by atoms with E-state index in [1.807, 2.05) is 0 Å². The SMILES string of the molecule is O=C1c2ccccc2C(=O)N1[C@@H]1C[C@@H](O)C=C[C@@H]1O. The van der Waals surface area contributed by atoms with Gasteiger partial charge in [-0.1, -0.05) is 24.3 Å². The Hall–Kier alpha value is -1.98. The minimum Gasteiger partial charge on any atom is -0.389 e. The normalized spacial score (nSPS) is 29.8. The van der Waals surface area contributed by atoms with E-state index < -0.39 is 30.1 Å². The first-order valence-corrected chi connectivity index (χ1v) is 6.11. The lowest BCUT2D eigenvalue weighted by Gasteiger charge is -2.32. The van der Waals surface area contributed by atoms with Crippen LogP contribution in [0.4, 0.5) is 0 Å². The van der Waals surface area contributed by atoms with Crippen molar-refractivity contribution in [2.24, 2.45) is 0 Å². The van der Waals surface area contributed by atoms with Gasteiger partial charge in [0.2, 0.25) is 0 Å². The minimum atomic E-state index is -0.939. The van der Waals surface area contributed by atoms with Crippen molar-refractivity contribution in [3.63, 3.8) is 0 Å². The van der Waals surface area contributed by atoms with Crippen molar-refractivity contribution in [2.45, 2.75) is 24.7 Å². The van der Waals surface area contributed by atoms with Gasteiger partial charge in [0, 0.05) is 6.42 Å². The van der Waals surface area contributed by atoms with Crippen LogP contribution in [0.15, 0.2) is 36.4 Å². The number of carbonyl (C=O) groups is 2. The van der Waals surface area contributed by atoms with Crippen LogP contribution in [0.2, 0.25) is 0 Å². The van der Waals surface area contributed by atoms with E-state index in [9.17, 15) is 19.8 Å². The molecule has 0 saturated carbocycles. The maximum absolute atomic E-state index is 12.2. The van der Waals surface area contributed by atoms with Crippen LogP contribution in [0, 0.1) is 0 Å². The number of amides is 2. The van der Waals surface area contributed by atoms with Gasteiger partial charge < -0.3 is 10.2 Å². The fraction of sp³-hybridized carbons (Fsp3) is 0.286. The van der Waals surface area contributed by atoms with E-state index in [0.717, 1.165) is 4.90 Å². The molecule has 0 spiro atoms. The minimum absolute atomic E-state index is 0.156. The van der Waals surface area contributed by atoms with Crippen LogP contribution in [-0.2, 0) is 0 Å². The molecule has 2 N–H and O–H groups in total. The van der Waals surface area contributed by atoms with Gasteiger partial charge in [0.1, 0.15) is 0 Å². The topological polar surface area (TPSA) is 77.8 Å². The number of hydrogen-bond acceptors (Lipinski definition) is 4. The molecule has 1 aromatic rings. The lowest BCUT2D eigenvalue weighted by Crippen LogP contribution is -2.49. The zero-order valence-electron chi connectivity index (χ0n) is 10.1. The van der Waals surface area contributed by atoms with Gasteiger partial charge in [0.05, 0.1) is 29.4 Å². The highest BCUT2D eigenvalue weighted by Gasteiger charge is 2.43. The molecule has 19 heavy (non-hydrogen) atoms. The van der Waals surface area contributed by atoms with E-state index in [4.69, 9.17) is 0 Å². The quantitative estimate of drug-likeness (QED) is 0.563. The molecule has 0 aromatic heterocycles. The summed E-state index contributed by atoms with van der Waals surface area (Å²) in [6.07, 6.45) is 1.36. The molecule has 2 aliphatic rings. The summed E-state index contributed by atoms with van der Waals surface area (Å²) >= 11 is 0.